The highest BCUT2D eigenvalue weighted by Crippen LogP contribution is 2.32. The van der Waals surface area contributed by atoms with E-state index in [1.165, 1.54) is 48.4 Å². The molecule has 1 aliphatic carbocycles. The summed E-state index contributed by atoms with van der Waals surface area (Å²) in [5, 5.41) is 3.66. The molecule has 0 heterocycles. The van der Waals surface area contributed by atoms with Gasteiger partial charge in [-0.1, -0.05) is 83.2 Å². The maximum absolute atomic E-state index is 3.69. The Morgan fingerprint density at radius 2 is 1.75 bits per heavy atom. The highest BCUT2D eigenvalue weighted by atomic mass is 79.9. The number of allylic oxidation sites excluding steroid dienone is 1. The number of hydrogen-bond acceptors (Lipinski definition) is 0. The molecule has 0 nitrogen and oxygen atoms in total. The molecule has 1 fully saturated rings. The second-order valence-corrected chi connectivity index (χ2v) is 6.36. The summed E-state index contributed by atoms with van der Waals surface area (Å²) in [7, 11) is 0. The molecule has 0 N–H and O–H groups in total. The van der Waals surface area contributed by atoms with Gasteiger partial charge in [0.25, 0.3) is 0 Å². The monoisotopic (exact) mass is 328 g/mol. The maximum atomic E-state index is 3.69. The standard InChI is InChI=1S/C19H21Br/c20-14-19(16-6-2-1-3-7-16)13-15-10-11-17-8-4-5-9-18(17)12-15/h4-5,8-13,16H,1-3,6-7,14H2/b19-13-. The normalized spacial score (nSPS) is 17.6. The smallest absolute Gasteiger partial charge is 0.0247 e. The van der Waals surface area contributed by atoms with Crippen LogP contribution < -0.4 is 0 Å². The first-order valence-corrected chi connectivity index (χ1v) is 8.74. The van der Waals surface area contributed by atoms with Crippen LogP contribution in [0.2, 0.25) is 0 Å². The second-order valence-electron chi connectivity index (χ2n) is 5.79. The summed E-state index contributed by atoms with van der Waals surface area (Å²) in [5.41, 5.74) is 2.91. The maximum Gasteiger partial charge on any atom is 0.0247 e. The summed E-state index contributed by atoms with van der Waals surface area (Å²) in [6, 6.07) is 15.4. The SMILES string of the molecule is BrC/C(=C/c1ccc2ccccc2c1)C1CCCCC1. The van der Waals surface area contributed by atoms with E-state index in [1.54, 1.807) is 5.57 Å². The Balaban J connectivity index is 1.90. The Labute approximate surface area is 130 Å². The van der Waals surface area contributed by atoms with Crippen molar-refractivity contribution in [1.82, 2.24) is 0 Å². The number of alkyl halides is 1. The van der Waals surface area contributed by atoms with E-state index in [9.17, 15) is 0 Å². The first-order chi connectivity index (χ1) is 9.86. The van der Waals surface area contributed by atoms with E-state index in [1.807, 2.05) is 0 Å². The molecule has 0 radical (unpaired) electrons. The average Bonchev–Trinajstić information content (AvgIpc) is 2.53. The largest absolute Gasteiger partial charge is 0.0880 e. The fourth-order valence-corrected chi connectivity index (χ4v) is 3.87. The molecule has 1 heteroatoms. The lowest BCUT2D eigenvalue weighted by Crippen LogP contribution is -2.10. The third-order valence-corrected chi connectivity index (χ3v) is 5.06. The number of halogens is 1. The lowest BCUT2D eigenvalue weighted by molar-refractivity contribution is 0.405. The van der Waals surface area contributed by atoms with Crippen molar-refractivity contribution in [3.8, 4) is 0 Å². The lowest BCUT2D eigenvalue weighted by Gasteiger charge is -2.23. The average molecular weight is 329 g/mol. The molecule has 20 heavy (non-hydrogen) atoms. The van der Waals surface area contributed by atoms with Gasteiger partial charge in [-0.05, 0) is 41.2 Å². The van der Waals surface area contributed by atoms with E-state index in [-0.39, 0.29) is 0 Å². The van der Waals surface area contributed by atoms with Crippen molar-refractivity contribution in [2.75, 3.05) is 5.33 Å². The number of rotatable bonds is 3. The predicted molar refractivity (Wildman–Crippen MR) is 92.3 cm³/mol. The summed E-state index contributed by atoms with van der Waals surface area (Å²) in [5.74, 6) is 0.787. The van der Waals surface area contributed by atoms with Crippen molar-refractivity contribution in [3.05, 3.63) is 53.6 Å². The van der Waals surface area contributed by atoms with Crippen molar-refractivity contribution in [2.45, 2.75) is 32.1 Å². The second kappa shape index (κ2) is 6.58. The summed E-state index contributed by atoms with van der Waals surface area (Å²) in [6.07, 6.45) is 9.34. The summed E-state index contributed by atoms with van der Waals surface area (Å²) in [6.45, 7) is 0. The highest BCUT2D eigenvalue weighted by molar-refractivity contribution is 9.09. The fourth-order valence-electron chi connectivity index (χ4n) is 3.25. The number of hydrogen-bond donors (Lipinski definition) is 0. The molecule has 2 aromatic carbocycles. The van der Waals surface area contributed by atoms with E-state index in [2.05, 4.69) is 64.5 Å². The van der Waals surface area contributed by atoms with Gasteiger partial charge in [0.1, 0.15) is 0 Å². The summed E-state index contributed by atoms with van der Waals surface area (Å²) in [4.78, 5) is 0. The van der Waals surface area contributed by atoms with Gasteiger partial charge in [0.05, 0.1) is 0 Å². The van der Waals surface area contributed by atoms with Gasteiger partial charge in [-0.2, -0.15) is 0 Å². The molecule has 1 aliphatic rings. The van der Waals surface area contributed by atoms with Gasteiger partial charge < -0.3 is 0 Å². The lowest BCUT2D eigenvalue weighted by atomic mass is 9.83. The molecule has 0 amide bonds. The van der Waals surface area contributed by atoms with Crippen LogP contribution in [0.3, 0.4) is 0 Å². The van der Waals surface area contributed by atoms with E-state index < -0.39 is 0 Å². The van der Waals surface area contributed by atoms with Crippen LogP contribution in [0.15, 0.2) is 48.0 Å². The molecule has 0 spiro atoms. The molecule has 0 unspecified atom stereocenters. The predicted octanol–water partition coefficient (Wildman–Crippen LogP) is 6.20. The molecule has 0 atom stereocenters. The van der Waals surface area contributed by atoms with Gasteiger partial charge in [0.15, 0.2) is 0 Å². The molecule has 2 aromatic rings. The Kier molecular flexibility index (Phi) is 4.57. The van der Waals surface area contributed by atoms with Crippen LogP contribution in [0.1, 0.15) is 37.7 Å². The van der Waals surface area contributed by atoms with Gasteiger partial charge in [0, 0.05) is 5.33 Å². The van der Waals surface area contributed by atoms with E-state index in [4.69, 9.17) is 0 Å². The van der Waals surface area contributed by atoms with Crippen LogP contribution in [0, 0.1) is 5.92 Å². The van der Waals surface area contributed by atoms with Crippen molar-refractivity contribution >= 4 is 32.8 Å². The van der Waals surface area contributed by atoms with Gasteiger partial charge in [-0.15, -0.1) is 0 Å². The van der Waals surface area contributed by atoms with Gasteiger partial charge >= 0.3 is 0 Å². The Hall–Kier alpha value is -1.08. The zero-order valence-corrected chi connectivity index (χ0v) is 13.4. The molecule has 0 saturated heterocycles. The summed E-state index contributed by atoms with van der Waals surface area (Å²) < 4.78 is 0. The van der Waals surface area contributed by atoms with Gasteiger partial charge in [-0.3, -0.25) is 0 Å². The first kappa shape index (κ1) is 13.9. The quantitative estimate of drug-likeness (QED) is 0.588. The third-order valence-electron chi connectivity index (χ3n) is 4.41. The molecule has 3 rings (SSSR count). The van der Waals surface area contributed by atoms with Gasteiger partial charge in [0.2, 0.25) is 0 Å². The Morgan fingerprint density at radius 1 is 1.00 bits per heavy atom. The zero-order chi connectivity index (χ0) is 13.8. The minimum Gasteiger partial charge on any atom is -0.0880 e. The summed E-state index contributed by atoms with van der Waals surface area (Å²) >= 11 is 3.69. The minimum atomic E-state index is 0.787. The molecule has 1 saturated carbocycles. The topological polar surface area (TPSA) is 0 Å². The molecule has 104 valence electrons. The minimum absolute atomic E-state index is 0.787. The van der Waals surface area contributed by atoms with E-state index in [0.717, 1.165) is 11.2 Å². The van der Waals surface area contributed by atoms with Gasteiger partial charge in [-0.25, -0.2) is 0 Å². The molecule has 0 bridgehead atoms. The Morgan fingerprint density at radius 3 is 2.50 bits per heavy atom. The molecular weight excluding hydrogens is 308 g/mol. The van der Waals surface area contributed by atoms with Crippen molar-refractivity contribution in [1.29, 1.82) is 0 Å². The fraction of sp³-hybridized carbons (Fsp3) is 0.368. The highest BCUT2D eigenvalue weighted by Gasteiger charge is 2.16. The van der Waals surface area contributed by atoms with Crippen molar-refractivity contribution < 1.29 is 0 Å². The van der Waals surface area contributed by atoms with Crippen molar-refractivity contribution in [2.24, 2.45) is 5.92 Å². The first-order valence-electron chi connectivity index (χ1n) is 7.62. The van der Waals surface area contributed by atoms with E-state index in [0.29, 0.717) is 0 Å². The van der Waals surface area contributed by atoms with Crippen LogP contribution in [-0.4, -0.2) is 5.33 Å². The Bertz CT molecular complexity index is 606. The van der Waals surface area contributed by atoms with Crippen LogP contribution in [0.4, 0.5) is 0 Å². The molecule has 0 aliphatic heterocycles. The number of benzene rings is 2. The van der Waals surface area contributed by atoms with Crippen LogP contribution in [0.25, 0.3) is 16.8 Å². The van der Waals surface area contributed by atoms with Crippen LogP contribution in [0.5, 0.6) is 0 Å². The van der Waals surface area contributed by atoms with E-state index >= 15 is 0 Å². The molecule has 0 aromatic heterocycles. The zero-order valence-electron chi connectivity index (χ0n) is 11.8. The van der Waals surface area contributed by atoms with Crippen LogP contribution in [-0.2, 0) is 0 Å². The van der Waals surface area contributed by atoms with Crippen molar-refractivity contribution in [3.63, 3.8) is 0 Å². The third kappa shape index (κ3) is 3.15. The molecular formula is C19H21Br. The van der Waals surface area contributed by atoms with Crippen LogP contribution >= 0.6 is 15.9 Å². The number of fused-ring (bicyclic) bond motifs is 1.